The number of carboxylic acid groups (broad SMARTS) is 1. The molecule has 0 spiro atoms. The zero-order valence-corrected chi connectivity index (χ0v) is 11.0. The Morgan fingerprint density at radius 3 is 2.67 bits per heavy atom. The van der Waals surface area contributed by atoms with Gasteiger partial charge in [-0.3, -0.25) is 0 Å². The van der Waals surface area contributed by atoms with Gasteiger partial charge >= 0.3 is 5.97 Å². The highest BCUT2D eigenvalue weighted by Gasteiger charge is 2.33. The van der Waals surface area contributed by atoms with Crippen LogP contribution in [0.25, 0.3) is 0 Å². The molecule has 0 radical (unpaired) electrons. The van der Waals surface area contributed by atoms with E-state index >= 15 is 0 Å². The first-order valence-corrected chi connectivity index (χ1v) is 7.20. The first-order chi connectivity index (χ1) is 8.21. The highest BCUT2D eigenvalue weighted by Crippen LogP contribution is 2.32. The Hall–Kier alpha value is -1.56. The number of sulfone groups is 1. The molecule has 1 aromatic rings. The molecule has 0 fully saturated rings. The van der Waals surface area contributed by atoms with Gasteiger partial charge in [0.15, 0.2) is 9.84 Å². The quantitative estimate of drug-likeness (QED) is 0.809. The van der Waals surface area contributed by atoms with Gasteiger partial charge in [0.05, 0.1) is 21.9 Å². The summed E-state index contributed by atoms with van der Waals surface area (Å²) in [6.45, 7) is 4.26. The van der Waals surface area contributed by atoms with Crippen LogP contribution in [0.3, 0.4) is 0 Å². The van der Waals surface area contributed by atoms with E-state index in [4.69, 9.17) is 5.11 Å². The Morgan fingerprint density at radius 2 is 2.06 bits per heavy atom. The van der Waals surface area contributed by atoms with E-state index in [0.717, 1.165) is 0 Å². The van der Waals surface area contributed by atoms with E-state index in [9.17, 15) is 13.2 Å². The summed E-state index contributed by atoms with van der Waals surface area (Å²) < 4.78 is 24.5. The fourth-order valence-corrected chi connectivity index (χ4v) is 4.10. The van der Waals surface area contributed by atoms with Crippen molar-refractivity contribution >= 4 is 21.5 Å². The van der Waals surface area contributed by atoms with Crippen molar-refractivity contribution in [3.05, 3.63) is 23.8 Å². The SMILES string of the molecule is CC1(C)CNc2ccc(C(=O)O)cc2S(=O)(=O)C1. The summed E-state index contributed by atoms with van der Waals surface area (Å²) in [5.74, 6) is -1.13. The van der Waals surface area contributed by atoms with Crippen LogP contribution in [0.2, 0.25) is 0 Å². The number of carbonyl (C=O) groups is 1. The summed E-state index contributed by atoms with van der Waals surface area (Å²) in [5, 5.41) is 12.0. The first-order valence-electron chi connectivity index (χ1n) is 5.55. The average molecular weight is 269 g/mol. The summed E-state index contributed by atoms with van der Waals surface area (Å²) >= 11 is 0. The zero-order valence-electron chi connectivity index (χ0n) is 10.2. The van der Waals surface area contributed by atoms with Gasteiger partial charge in [0.1, 0.15) is 0 Å². The first kappa shape index (κ1) is 12.9. The van der Waals surface area contributed by atoms with Crippen molar-refractivity contribution < 1.29 is 18.3 Å². The van der Waals surface area contributed by atoms with Crippen LogP contribution in [0.5, 0.6) is 0 Å². The Labute approximate surface area is 106 Å². The van der Waals surface area contributed by atoms with E-state index in [1.54, 1.807) is 0 Å². The van der Waals surface area contributed by atoms with E-state index in [-0.39, 0.29) is 21.6 Å². The standard InChI is InChI=1S/C12H15NO4S/c1-12(2)6-13-9-4-3-8(11(14)15)5-10(9)18(16,17)7-12/h3-5,13H,6-7H2,1-2H3,(H,14,15). The highest BCUT2D eigenvalue weighted by molar-refractivity contribution is 7.91. The third-order valence-electron chi connectivity index (χ3n) is 2.90. The topological polar surface area (TPSA) is 83.5 Å². The molecule has 18 heavy (non-hydrogen) atoms. The molecular formula is C12H15NO4S. The van der Waals surface area contributed by atoms with Crippen LogP contribution in [-0.4, -0.2) is 31.8 Å². The highest BCUT2D eigenvalue weighted by atomic mass is 32.2. The van der Waals surface area contributed by atoms with Crippen LogP contribution in [0, 0.1) is 5.41 Å². The molecule has 0 bridgehead atoms. The number of fused-ring (bicyclic) bond motifs is 1. The van der Waals surface area contributed by atoms with E-state index < -0.39 is 15.8 Å². The molecule has 5 nitrogen and oxygen atoms in total. The lowest BCUT2D eigenvalue weighted by molar-refractivity contribution is 0.0696. The molecule has 1 heterocycles. The molecule has 0 aromatic heterocycles. The number of carboxylic acids is 1. The second-order valence-electron chi connectivity index (χ2n) is 5.29. The molecule has 0 saturated heterocycles. The predicted octanol–water partition coefficient (Wildman–Crippen LogP) is 1.61. The molecule has 0 saturated carbocycles. The minimum absolute atomic E-state index is 0.00305. The lowest BCUT2D eigenvalue weighted by Crippen LogP contribution is -2.28. The second kappa shape index (κ2) is 3.98. The van der Waals surface area contributed by atoms with Gasteiger partial charge in [0.2, 0.25) is 0 Å². The van der Waals surface area contributed by atoms with Crippen LogP contribution >= 0.6 is 0 Å². The molecule has 0 aliphatic carbocycles. The van der Waals surface area contributed by atoms with E-state index in [0.29, 0.717) is 12.2 Å². The number of benzene rings is 1. The fourth-order valence-electron chi connectivity index (χ4n) is 2.04. The Morgan fingerprint density at radius 1 is 1.39 bits per heavy atom. The van der Waals surface area contributed by atoms with Crippen molar-refractivity contribution in [2.24, 2.45) is 5.41 Å². The van der Waals surface area contributed by atoms with Crippen molar-refractivity contribution in [3.63, 3.8) is 0 Å². The normalized spacial score (nSPS) is 20.3. The molecule has 1 aliphatic rings. The molecular weight excluding hydrogens is 254 g/mol. The molecule has 0 amide bonds. The number of nitrogens with one attached hydrogen (secondary N) is 1. The Bertz CT molecular complexity index is 605. The molecule has 6 heteroatoms. The monoisotopic (exact) mass is 269 g/mol. The maximum atomic E-state index is 12.3. The lowest BCUT2D eigenvalue weighted by atomic mass is 9.96. The van der Waals surface area contributed by atoms with Gasteiger partial charge in [-0.25, -0.2) is 13.2 Å². The smallest absolute Gasteiger partial charge is 0.335 e. The summed E-state index contributed by atoms with van der Waals surface area (Å²) in [6.07, 6.45) is 0. The van der Waals surface area contributed by atoms with Gasteiger partial charge in [-0.2, -0.15) is 0 Å². The third kappa shape index (κ3) is 2.33. The third-order valence-corrected chi connectivity index (χ3v) is 5.07. The number of aromatic carboxylic acids is 1. The van der Waals surface area contributed by atoms with Crippen molar-refractivity contribution in [2.45, 2.75) is 18.7 Å². The van der Waals surface area contributed by atoms with Crippen molar-refractivity contribution in [1.82, 2.24) is 0 Å². The minimum atomic E-state index is -3.47. The number of hydrogen-bond donors (Lipinski definition) is 2. The maximum Gasteiger partial charge on any atom is 0.335 e. The fraction of sp³-hybridized carbons (Fsp3) is 0.417. The van der Waals surface area contributed by atoms with Crippen molar-refractivity contribution in [3.8, 4) is 0 Å². The van der Waals surface area contributed by atoms with Gasteiger partial charge in [0, 0.05) is 6.54 Å². The molecule has 0 atom stereocenters. The minimum Gasteiger partial charge on any atom is -0.478 e. The number of anilines is 1. The zero-order chi connectivity index (χ0) is 13.6. The van der Waals surface area contributed by atoms with Gasteiger partial charge < -0.3 is 10.4 Å². The molecule has 0 unspecified atom stereocenters. The van der Waals surface area contributed by atoms with E-state index in [2.05, 4.69) is 5.32 Å². The summed E-state index contributed by atoms with van der Waals surface area (Å²) in [5.41, 5.74) is 0.0748. The predicted molar refractivity (Wildman–Crippen MR) is 67.7 cm³/mol. The lowest BCUT2D eigenvalue weighted by Gasteiger charge is -2.20. The van der Waals surface area contributed by atoms with Gasteiger partial charge in [0.25, 0.3) is 0 Å². The summed E-state index contributed by atoms with van der Waals surface area (Å²) in [6, 6.07) is 4.14. The van der Waals surface area contributed by atoms with E-state index in [1.165, 1.54) is 18.2 Å². The van der Waals surface area contributed by atoms with Crippen LogP contribution < -0.4 is 5.32 Å². The van der Waals surface area contributed by atoms with Gasteiger partial charge in [-0.15, -0.1) is 0 Å². The van der Waals surface area contributed by atoms with Crippen molar-refractivity contribution in [2.75, 3.05) is 17.6 Å². The molecule has 98 valence electrons. The molecule has 1 aromatic carbocycles. The largest absolute Gasteiger partial charge is 0.478 e. The maximum absolute atomic E-state index is 12.3. The van der Waals surface area contributed by atoms with Crippen molar-refractivity contribution in [1.29, 1.82) is 0 Å². The number of hydrogen-bond acceptors (Lipinski definition) is 4. The molecule has 1 aliphatic heterocycles. The van der Waals surface area contributed by atoms with Crippen LogP contribution in [0.15, 0.2) is 23.1 Å². The Kier molecular flexibility index (Phi) is 2.85. The van der Waals surface area contributed by atoms with Gasteiger partial charge in [-0.1, -0.05) is 13.8 Å². The van der Waals surface area contributed by atoms with Gasteiger partial charge in [-0.05, 0) is 23.6 Å². The average Bonchev–Trinajstić information content (AvgIpc) is 2.32. The summed E-state index contributed by atoms with van der Waals surface area (Å²) in [4.78, 5) is 11.0. The van der Waals surface area contributed by atoms with Crippen LogP contribution in [0.4, 0.5) is 5.69 Å². The summed E-state index contributed by atoms with van der Waals surface area (Å²) in [7, 11) is -3.47. The number of rotatable bonds is 1. The Balaban J connectivity index is 2.60. The molecule has 2 rings (SSSR count). The van der Waals surface area contributed by atoms with Crippen LogP contribution in [0.1, 0.15) is 24.2 Å². The molecule has 2 N–H and O–H groups in total. The van der Waals surface area contributed by atoms with E-state index in [1.807, 2.05) is 13.8 Å². The second-order valence-corrected chi connectivity index (χ2v) is 7.25. The van der Waals surface area contributed by atoms with Crippen LogP contribution in [-0.2, 0) is 9.84 Å².